The lowest BCUT2D eigenvalue weighted by Gasteiger charge is -2.07. The van der Waals surface area contributed by atoms with Crippen molar-refractivity contribution in [1.82, 2.24) is 9.78 Å². The number of hydrogen-bond acceptors (Lipinski definition) is 4. The molecule has 0 spiro atoms. The molecule has 1 aliphatic rings. The maximum absolute atomic E-state index is 11.4. The standard InChI is InChI=1S/C9H14N4O2/c1-5(2)13-3-7-8(12-13)11-9(14)6(10)4-15-7/h3,5-6H,4,10H2,1-2H3,(H,11,12,14). The zero-order valence-electron chi connectivity index (χ0n) is 8.73. The summed E-state index contributed by atoms with van der Waals surface area (Å²) in [4.78, 5) is 11.4. The molecule has 6 nitrogen and oxygen atoms in total. The average Bonchev–Trinajstić information content (AvgIpc) is 2.52. The summed E-state index contributed by atoms with van der Waals surface area (Å²) in [5.41, 5.74) is 5.54. The van der Waals surface area contributed by atoms with Gasteiger partial charge in [0, 0.05) is 6.04 Å². The summed E-state index contributed by atoms with van der Waals surface area (Å²) in [5.74, 6) is 0.759. The zero-order chi connectivity index (χ0) is 11.0. The number of anilines is 1. The molecule has 2 heterocycles. The minimum absolute atomic E-state index is 0.183. The summed E-state index contributed by atoms with van der Waals surface area (Å²) in [6, 6.07) is -0.405. The minimum Gasteiger partial charge on any atom is -0.486 e. The van der Waals surface area contributed by atoms with Crippen LogP contribution in [0.4, 0.5) is 5.82 Å². The minimum atomic E-state index is -0.633. The lowest BCUT2D eigenvalue weighted by atomic mass is 10.3. The third-order valence-corrected chi connectivity index (χ3v) is 2.22. The Bertz CT molecular complexity index is 385. The van der Waals surface area contributed by atoms with E-state index >= 15 is 0 Å². The van der Waals surface area contributed by atoms with E-state index in [0.29, 0.717) is 11.6 Å². The predicted octanol–water partition coefficient (Wildman–Crippen LogP) is 0.122. The first kappa shape index (κ1) is 9.97. The Morgan fingerprint density at radius 1 is 1.73 bits per heavy atom. The molecule has 0 fully saturated rings. The normalized spacial score (nSPS) is 20.5. The summed E-state index contributed by atoms with van der Waals surface area (Å²) in [7, 11) is 0. The highest BCUT2D eigenvalue weighted by molar-refractivity contribution is 5.95. The van der Waals surface area contributed by atoms with Crippen molar-refractivity contribution in [1.29, 1.82) is 0 Å². The molecule has 6 heteroatoms. The molecule has 1 unspecified atom stereocenters. The fraction of sp³-hybridized carbons (Fsp3) is 0.556. The summed E-state index contributed by atoms with van der Waals surface area (Å²) >= 11 is 0. The SMILES string of the molecule is CC(C)n1cc2c(n1)NC(=O)C(N)CO2. The Hall–Kier alpha value is -1.56. The Morgan fingerprint density at radius 2 is 2.47 bits per heavy atom. The van der Waals surface area contributed by atoms with Gasteiger partial charge < -0.3 is 15.8 Å². The third-order valence-electron chi connectivity index (χ3n) is 2.22. The van der Waals surface area contributed by atoms with E-state index in [9.17, 15) is 4.79 Å². The first-order valence-electron chi connectivity index (χ1n) is 4.86. The van der Waals surface area contributed by atoms with E-state index in [1.807, 2.05) is 13.8 Å². The second-order valence-corrected chi connectivity index (χ2v) is 3.82. The van der Waals surface area contributed by atoms with E-state index < -0.39 is 6.04 Å². The molecule has 0 radical (unpaired) electrons. The van der Waals surface area contributed by atoms with E-state index in [2.05, 4.69) is 10.4 Å². The summed E-state index contributed by atoms with van der Waals surface area (Å²) in [5, 5.41) is 6.83. The number of fused-ring (bicyclic) bond motifs is 1. The van der Waals surface area contributed by atoms with Gasteiger partial charge in [0.1, 0.15) is 12.6 Å². The van der Waals surface area contributed by atoms with E-state index in [4.69, 9.17) is 10.5 Å². The topological polar surface area (TPSA) is 82.2 Å². The van der Waals surface area contributed by atoms with Crippen molar-refractivity contribution in [2.24, 2.45) is 5.73 Å². The monoisotopic (exact) mass is 210 g/mol. The molecule has 3 N–H and O–H groups in total. The van der Waals surface area contributed by atoms with Crippen LogP contribution >= 0.6 is 0 Å². The first-order valence-corrected chi connectivity index (χ1v) is 4.86. The van der Waals surface area contributed by atoms with Gasteiger partial charge >= 0.3 is 0 Å². The molecule has 1 aromatic heterocycles. The molecule has 1 atom stereocenters. The van der Waals surface area contributed by atoms with Crippen molar-refractivity contribution >= 4 is 11.7 Å². The van der Waals surface area contributed by atoms with Crippen LogP contribution in [0.15, 0.2) is 6.20 Å². The second-order valence-electron chi connectivity index (χ2n) is 3.82. The van der Waals surface area contributed by atoms with Crippen molar-refractivity contribution in [3.63, 3.8) is 0 Å². The van der Waals surface area contributed by atoms with Gasteiger partial charge in [0.25, 0.3) is 0 Å². The van der Waals surface area contributed by atoms with Crippen LogP contribution in [0.2, 0.25) is 0 Å². The molecule has 2 rings (SSSR count). The van der Waals surface area contributed by atoms with Crippen LogP contribution in [0.3, 0.4) is 0 Å². The van der Waals surface area contributed by atoms with Crippen molar-refractivity contribution in [2.75, 3.05) is 11.9 Å². The van der Waals surface area contributed by atoms with Crippen molar-refractivity contribution in [3.05, 3.63) is 6.20 Å². The van der Waals surface area contributed by atoms with Crippen LogP contribution in [0.1, 0.15) is 19.9 Å². The van der Waals surface area contributed by atoms with E-state index in [1.165, 1.54) is 0 Å². The predicted molar refractivity (Wildman–Crippen MR) is 54.7 cm³/mol. The van der Waals surface area contributed by atoms with Gasteiger partial charge in [-0.25, -0.2) is 0 Å². The molecule has 1 aromatic rings. The fourth-order valence-corrected chi connectivity index (χ4v) is 1.30. The van der Waals surface area contributed by atoms with Gasteiger partial charge in [-0.2, -0.15) is 5.10 Å². The molecule has 15 heavy (non-hydrogen) atoms. The lowest BCUT2D eigenvalue weighted by Crippen LogP contribution is -2.38. The highest BCUT2D eigenvalue weighted by Gasteiger charge is 2.24. The smallest absolute Gasteiger partial charge is 0.246 e. The quantitative estimate of drug-likeness (QED) is 0.689. The number of amides is 1. The summed E-state index contributed by atoms with van der Waals surface area (Å²) in [6.07, 6.45) is 1.76. The van der Waals surface area contributed by atoms with Crippen LogP contribution in [0, 0.1) is 0 Å². The van der Waals surface area contributed by atoms with Gasteiger partial charge in [-0.05, 0) is 13.8 Å². The summed E-state index contributed by atoms with van der Waals surface area (Å²) < 4.78 is 7.11. The molecule has 1 aliphatic heterocycles. The van der Waals surface area contributed by atoms with Crippen LogP contribution in [-0.4, -0.2) is 28.3 Å². The number of carbonyl (C=O) groups is 1. The molecule has 82 valence electrons. The molecular weight excluding hydrogens is 196 g/mol. The first-order chi connectivity index (χ1) is 7.08. The highest BCUT2D eigenvalue weighted by atomic mass is 16.5. The largest absolute Gasteiger partial charge is 0.486 e. The number of ether oxygens (including phenoxy) is 1. The van der Waals surface area contributed by atoms with Crippen LogP contribution in [-0.2, 0) is 4.79 Å². The maximum Gasteiger partial charge on any atom is 0.246 e. The summed E-state index contributed by atoms with van der Waals surface area (Å²) in [6.45, 7) is 4.18. The maximum atomic E-state index is 11.4. The van der Waals surface area contributed by atoms with Gasteiger partial charge in [0.15, 0.2) is 11.6 Å². The molecule has 0 saturated heterocycles. The average molecular weight is 210 g/mol. The Morgan fingerprint density at radius 3 is 3.13 bits per heavy atom. The number of hydrogen-bond donors (Lipinski definition) is 2. The molecule has 0 saturated carbocycles. The number of nitrogens with two attached hydrogens (primary N) is 1. The molecule has 0 bridgehead atoms. The zero-order valence-corrected chi connectivity index (χ0v) is 8.73. The molecule has 0 aromatic carbocycles. The van der Waals surface area contributed by atoms with Crippen LogP contribution in [0.25, 0.3) is 0 Å². The number of carbonyl (C=O) groups excluding carboxylic acids is 1. The lowest BCUT2D eigenvalue weighted by molar-refractivity contribution is -0.117. The Labute approximate surface area is 87.4 Å². The van der Waals surface area contributed by atoms with Crippen molar-refractivity contribution in [3.8, 4) is 5.75 Å². The molecular formula is C9H14N4O2. The number of aromatic nitrogens is 2. The third kappa shape index (κ3) is 1.80. The van der Waals surface area contributed by atoms with E-state index in [-0.39, 0.29) is 18.6 Å². The Balaban J connectivity index is 2.30. The second kappa shape index (κ2) is 3.54. The van der Waals surface area contributed by atoms with Gasteiger partial charge in [-0.3, -0.25) is 9.48 Å². The molecule has 1 amide bonds. The van der Waals surface area contributed by atoms with Crippen molar-refractivity contribution < 1.29 is 9.53 Å². The molecule has 0 aliphatic carbocycles. The highest BCUT2D eigenvalue weighted by Crippen LogP contribution is 2.26. The van der Waals surface area contributed by atoms with Crippen molar-refractivity contribution in [2.45, 2.75) is 25.9 Å². The number of nitrogens with zero attached hydrogens (tertiary/aromatic N) is 2. The van der Waals surface area contributed by atoms with Gasteiger partial charge in [0.2, 0.25) is 5.91 Å². The van der Waals surface area contributed by atoms with Gasteiger partial charge in [0.05, 0.1) is 6.20 Å². The van der Waals surface area contributed by atoms with Gasteiger partial charge in [-0.15, -0.1) is 0 Å². The van der Waals surface area contributed by atoms with Crippen LogP contribution in [0.5, 0.6) is 5.75 Å². The van der Waals surface area contributed by atoms with Gasteiger partial charge in [-0.1, -0.05) is 0 Å². The van der Waals surface area contributed by atoms with E-state index in [1.54, 1.807) is 10.9 Å². The fourth-order valence-electron chi connectivity index (χ4n) is 1.30. The number of rotatable bonds is 1. The Kier molecular flexibility index (Phi) is 2.36. The number of nitrogens with one attached hydrogen (secondary N) is 1. The van der Waals surface area contributed by atoms with Crippen LogP contribution < -0.4 is 15.8 Å². The van der Waals surface area contributed by atoms with E-state index in [0.717, 1.165) is 0 Å².